The Kier molecular flexibility index (Phi) is 8.13. The third-order valence-electron chi connectivity index (χ3n) is 3.63. The molecule has 2 N–H and O–H groups in total. The summed E-state index contributed by atoms with van der Waals surface area (Å²) in [5, 5.41) is 11.1. The van der Waals surface area contributed by atoms with Crippen molar-refractivity contribution in [2.24, 2.45) is 10.4 Å². The second-order valence-electron chi connectivity index (χ2n) is 7.54. The first-order chi connectivity index (χ1) is 10.8. The number of nitrogens with one attached hydrogen (secondary N) is 2. The van der Waals surface area contributed by atoms with Gasteiger partial charge in [0.05, 0.1) is 6.20 Å². The van der Waals surface area contributed by atoms with Crippen LogP contribution in [0.25, 0.3) is 0 Å². The largest absolute Gasteiger partial charge is 0.357 e. The van der Waals surface area contributed by atoms with E-state index in [1.54, 1.807) is 0 Å². The lowest BCUT2D eigenvalue weighted by atomic mass is 9.89. The highest BCUT2D eigenvalue weighted by Crippen LogP contribution is 2.21. The van der Waals surface area contributed by atoms with Crippen LogP contribution in [0.4, 0.5) is 0 Å². The minimum absolute atomic E-state index is 0.382. The smallest absolute Gasteiger partial charge is 0.191 e. The first-order valence-corrected chi connectivity index (χ1v) is 8.84. The summed E-state index contributed by atoms with van der Waals surface area (Å²) in [4.78, 5) is 4.67. The maximum atomic E-state index is 4.67. The fourth-order valence-corrected chi connectivity index (χ4v) is 2.29. The molecule has 1 rings (SSSR count). The molecule has 0 aliphatic carbocycles. The highest BCUT2D eigenvalue weighted by atomic mass is 15.3. The molecule has 0 saturated carbocycles. The Morgan fingerprint density at radius 3 is 2.70 bits per heavy atom. The number of guanidine groups is 1. The van der Waals surface area contributed by atoms with Gasteiger partial charge in [-0.05, 0) is 51.0 Å². The molecule has 0 fully saturated rings. The molecule has 1 aromatic rings. The third kappa shape index (κ3) is 9.26. The summed E-state index contributed by atoms with van der Waals surface area (Å²) in [5.74, 6) is 0.922. The molecule has 5 heteroatoms. The van der Waals surface area contributed by atoms with Crippen LogP contribution in [0.5, 0.6) is 0 Å². The van der Waals surface area contributed by atoms with Crippen LogP contribution in [-0.4, -0.2) is 34.9 Å². The van der Waals surface area contributed by atoms with E-state index in [1.165, 1.54) is 12.0 Å². The predicted octanol–water partition coefficient (Wildman–Crippen LogP) is 3.35. The number of rotatable bonds is 8. The molecule has 1 atom stereocenters. The summed E-state index contributed by atoms with van der Waals surface area (Å²) in [6, 6.07) is 0.431. The Balaban J connectivity index is 2.36. The van der Waals surface area contributed by atoms with Gasteiger partial charge in [-0.25, -0.2) is 0 Å². The van der Waals surface area contributed by atoms with E-state index < -0.39 is 0 Å². The standard InChI is InChI=1S/C18H35N5/c1-7-19-17(22-16(3)9-10-18(4,5)6)20-11-8-12-23-14-15(2)13-21-23/h13-14,16H,7-12H2,1-6H3,(H2,19,20,22). The van der Waals surface area contributed by atoms with Gasteiger partial charge in [0, 0.05) is 31.9 Å². The number of hydrogen-bond donors (Lipinski definition) is 2. The van der Waals surface area contributed by atoms with Crippen molar-refractivity contribution in [3.63, 3.8) is 0 Å². The molecule has 0 saturated heterocycles. The Labute approximate surface area is 142 Å². The van der Waals surface area contributed by atoms with E-state index in [0.717, 1.165) is 38.4 Å². The second-order valence-corrected chi connectivity index (χ2v) is 7.54. The van der Waals surface area contributed by atoms with Gasteiger partial charge < -0.3 is 10.6 Å². The van der Waals surface area contributed by atoms with E-state index >= 15 is 0 Å². The second kappa shape index (κ2) is 9.58. The Morgan fingerprint density at radius 2 is 2.13 bits per heavy atom. The summed E-state index contributed by atoms with van der Waals surface area (Å²) < 4.78 is 1.98. The molecule has 0 aliphatic heterocycles. The zero-order valence-electron chi connectivity index (χ0n) is 15.8. The Morgan fingerprint density at radius 1 is 1.39 bits per heavy atom. The van der Waals surface area contributed by atoms with E-state index in [1.807, 2.05) is 10.9 Å². The van der Waals surface area contributed by atoms with Crippen LogP contribution in [0, 0.1) is 12.3 Å². The zero-order valence-corrected chi connectivity index (χ0v) is 15.8. The van der Waals surface area contributed by atoms with Crippen LogP contribution in [0.15, 0.2) is 17.4 Å². The van der Waals surface area contributed by atoms with Crippen LogP contribution in [0.1, 0.15) is 59.4 Å². The van der Waals surface area contributed by atoms with E-state index in [4.69, 9.17) is 0 Å². The maximum absolute atomic E-state index is 4.67. The van der Waals surface area contributed by atoms with Crippen molar-refractivity contribution in [3.05, 3.63) is 18.0 Å². The molecule has 0 aliphatic rings. The number of nitrogens with zero attached hydrogens (tertiary/aromatic N) is 3. The molecular formula is C18H35N5. The normalized spacial score (nSPS) is 13.9. The predicted molar refractivity (Wildman–Crippen MR) is 98.8 cm³/mol. The fourth-order valence-electron chi connectivity index (χ4n) is 2.29. The van der Waals surface area contributed by atoms with Gasteiger partial charge in [0.25, 0.3) is 0 Å². The number of aromatic nitrogens is 2. The Bertz CT molecular complexity index is 470. The van der Waals surface area contributed by atoms with Crippen molar-refractivity contribution in [1.29, 1.82) is 0 Å². The van der Waals surface area contributed by atoms with Gasteiger partial charge >= 0.3 is 0 Å². The molecule has 1 aromatic heterocycles. The van der Waals surface area contributed by atoms with Crippen molar-refractivity contribution < 1.29 is 0 Å². The lowest BCUT2D eigenvalue weighted by Crippen LogP contribution is -2.42. The molecule has 0 bridgehead atoms. The van der Waals surface area contributed by atoms with Gasteiger partial charge in [0.1, 0.15) is 0 Å². The third-order valence-corrected chi connectivity index (χ3v) is 3.63. The van der Waals surface area contributed by atoms with E-state index in [-0.39, 0.29) is 0 Å². The molecular weight excluding hydrogens is 286 g/mol. The monoisotopic (exact) mass is 321 g/mol. The fraction of sp³-hybridized carbons (Fsp3) is 0.778. The van der Waals surface area contributed by atoms with Gasteiger partial charge in [-0.15, -0.1) is 0 Å². The molecule has 132 valence electrons. The Hall–Kier alpha value is -1.52. The number of hydrogen-bond acceptors (Lipinski definition) is 2. The highest BCUT2D eigenvalue weighted by Gasteiger charge is 2.13. The van der Waals surface area contributed by atoms with E-state index in [9.17, 15) is 0 Å². The van der Waals surface area contributed by atoms with Gasteiger partial charge in [-0.3, -0.25) is 9.67 Å². The van der Waals surface area contributed by atoms with Crippen LogP contribution in [0.2, 0.25) is 0 Å². The maximum Gasteiger partial charge on any atom is 0.191 e. The van der Waals surface area contributed by atoms with Crippen molar-refractivity contribution in [1.82, 2.24) is 20.4 Å². The van der Waals surface area contributed by atoms with Crippen molar-refractivity contribution in [2.75, 3.05) is 13.1 Å². The van der Waals surface area contributed by atoms with Gasteiger partial charge in [0.2, 0.25) is 0 Å². The quantitative estimate of drug-likeness (QED) is 0.438. The highest BCUT2D eigenvalue weighted by molar-refractivity contribution is 5.80. The first kappa shape index (κ1) is 19.5. The molecule has 0 aromatic carbocycles. The average Bonchev–Trinajstić information content (AvgIpc) is 2.86. The van der Waals surface area contributed by atoms with E-state index in [0.29, 0.717) is 11.5 Å². The van der Waals surface area contributed by atoms with Crippen molar-refractivity contribution in [2.45, 2.75) is 73.4 Å². The topological polar surface area (TPSA) is 54.2 Å². The lowest BCUT2D eigenvalue weighted by molar-refractivity contribution is 0.346. The van der Waals surface area contributed by atoms with E-state index in [2.05, 4.69) is 68.5 Å². The van der Waals surface area contributed by atoms with Gasteiger partial charge in [-0.2, -0.15) is 5.10 Å². The molecule has 1 unspecified atom stereocenters. The van der Waals surface area contributed by atoms with Crippen LogP contribution in [0.3, 0.4) is 0 Å². The van der Waals surface area contributed by atoms with Crippen LogP contribution < -0.4 is 10.6 Å². The summed E-state index contributed by atoms with van der Waals surface area (Å²) in [7, 11) is 0. The number of aliphatic imine (C=N–C) groups is 1. The molecule has 0 radical (unpaired) electrons. The van der Waals surface area contributed by atoms with Crippen LogP contribution >= 0.6 is 0 Å². The summed E-state index contributed by atoms with van der Waals surface area (Å²) in [6.07, 6.45) is 7.32. The zero-order chi connectivity index (χ0) is 17.3. The minimum Gasteiger partial charge on any atom is -0.357 e. The molecule has 5 nitrogen and oxygen atoms in total. The lowest BCUT2D eigenvalue weighted by Gasteiger charge is -2.23. The van der Waals surface area contributed by atoms with Crippen LogP contribution in [-0.2, 0) is 6.54 Å². The van der Waals surface area contributed by atoms with Crippen molar-refractivity contribution >= 4 is 5.96 Å². The molecule has 1 heterocycles. The minimum atomic E-state index is 0.382. The SMILES string of the molecule is CCNC(=NCCCn1cc(C)cn1)NC(C)CCC(C)(C)C. The molecule has 0 amide bonds. The summed E-state index contributed by atoms with van der Waals surface area (Å²) in [5.41, 5.74) is 1.59. The first-order valence-electron chi connectivity index (χ1n) is 8.84. The molecule has 23 heavy (non-hydrogen) atoms. The molecule has 0 spiro atoms. The average molecular weight is 322 g/mol. The number of aryl methyl sites for hydroxylation is 2. The van der Waals surface area contributed by atoms with Gasteiger partial charge in [0.15, 0.2) is 5.96 Å². The van der Waals surface area contributed by atoms with Gasteiger partial charge in [-0.1, -0.05) is 20.8 Å². The van der Waals surface area contributed by atoms with Crippen molar-refractivity contribution in [3.8, 4) is 0 Å². The summed E-state index contributed by atoms with van der Waals surface area (Å²) in [6.45, 7) is 15.9. The summed E-state index contributed by atoms with van der Waals surface area (Å²) >= 11 is 0.